The van der Waals surface area contributed by atoms with Gasteiger partial charge in [-0.1, -0.05) is 36.4 Å². The minimum absolute atomic E-state index is 0.146. The number of hydrogen-bond acceptors (Lipinski definition) is 7. The van der Waals surface area contributed by atoms with Crippen LogP contribution < -0.4 is 5.32 Å². The van der Waals surface area contributed by atoms with Gasteiger partial charge in [-0.2, -0.15) is 0 Å². The highest BCUT2D eigenvalue weighted by Crippen LogP contribution is 2.26. The zero-order valence-electron chi connectivity index (χ0n) is 19.6. The molecule has 1 N–H and O–H groups in total. The molecule has 0 spiro atoms. The van der Waals surface area contributed by atoms with E-state index in [9.17, 15) is 14.9 Å². The first-order valence-electron chi connectivity index (χ1n) is 11.2. The van der Waals surface area contributed by atoms with E-state index >= 15 is 0 Å². The van der Waals surface area contributed by atoms with Gasteiger partial charge in [-0.3, -0.25) is 19.5 Å². The summed E-state index contributed by atoms with van der Waals surface area (Å²) in [4.78, 5) is 26.4. The van der Waals surface area contributed by atoms with Gasteiger partial charge in [0.1, 0.15) is 0 Å². The minimum atomic E-state index is -0.496. The number of rotatable bonds is 13. The number of carbonyl (C=O) groups excluding carboxylic acids is 1. The summed E-state index contributed by atoms with van der Waals surface area (Å²) in [6.45, 7) is 5.49. The van der Waals surface area contributed by atoms with Crippen LogP contribution in [0.3, 0.4) is 0 Å². The number of nitro groups is 1. The van der Waals surface area contributed by atoms with Crippen LogP contribution in [-0.2, 0) is 13.1 Å². The third-order valence-electron chi connectivity index (χ3n) is 5.26. The number of non-ortho nitro benzene ring substituents is 1. The van der Waals surface area contributed by atoms with E-state index in [4.69, 9.17) is 0 Å². The van der Waals surface area contributed by atoms with Crippen molar-refractivity contribution in [3.8, 4) is 5.69 Å². The fourth-order valence-corrected chi connectivity index (χ4v) is 3.63. The Kier molecular flexibility index (Phi) is 8.78. The van der Waals surface area contributed by atoms with Crippen molar-refractivity contribution in [3.63, 3.8) is 0 Å². The summed E-state index contributed by atoms with van der Waals surface area (Å²) in [6, 6.07) is 13.1. The van der Waals surface area contributed by atoms with Crippen LogP contribution in [-0.4, -0.2) is 51.0 Å². The molecule has 0 aliphatic rings. The average molecular weight is 463 g/mol. The first kappa shape index (κ1) is 24.9. The Balaban J connectivity index is 2.04. The number of nitro benzene ring substituents is 1. The Morgan fingerprint density at radius 3 is 2.56 bits per heavy atom. The quantitative estimate of drug-likeness (QED) is 0.135. The van der Waals surface area contributed by atoms with E-state index in [0.717, 1.165) is 25.8 Å². The van der Waals surface area contributed by atoms with Crippen molar-refractivity contribution < 1.29 is 9.72 Å². The molecule has 1 aromatic heterocycles. The lowest BCUT2D eigenvalue weighted by molar-refractivity contribution is -0.384. The van der Waals surface area contributed by atoms with Crippen LogP contribution in [0.5, 0.6) is 0 Å². The largest absolute Gasteiger partial charge is 0.310 e. The van der Waals surface area contributed by atoms with E-state index < -0.39 is 4.92 Å². The van der Waals surface area contributed by atoms with Crippen molar-refractivity contribution in [2.24, 2.45) is 0 Å². The predicted octanol–water partition coefficient (Wildman–Crippen LogP) is 3.91. The zero-order chi connectivity index (χ0) is 24.5. The average Bonchev–Trinajstić information content (AvgIpc) is 3.22. The summed E-state index contributed by atoms with van der Waals surface area (Å²) in [5, 5.41) is 23.6. The van der Waals surface area contributed by atoms with Crippen molar-refractivity contribution in [2.45, 2.75) is 32.4 Å². The maximum Gasteiger partial charge on any atom is 0.270 e. The maximum absolute atomic E-state index is 13.4. The molecule has 0 radical (unpaired) electrons. The van der Waals surface area contributed by atoms with Gasteiger partial charge in [-0.25, -0.2) is 0 Å². The van der Waals surface area contributed by atoms with Crippen molar-refractivity contribution in [1.82, 2.24) is 25.0 Å². The molecule has 2 aromatic carbocycles. The lowest BCUT2D eigenvalue weighted by Crippen LogP contribution is -2.21. The molecule has 3 aromatic rings. The van der Waals surface area contributed by atoms with Crippen LogP contribution in [0.4, 0.5) is 5.69 Å². The van der Waals surface area contributed by atoms with Gasteiger partial charge in [0.15, 0.2) is 17.4 Å². The maximum atomic E-state index is 13.4. The Labute approximate surface area is 199 Å². The standard InChI is InChI=1S/C25H30N6O3/c1-4-5-6-10-15-26-17-23-27-28-24(18-29(2)3)30(23)22-14-13-20(31(33)34)16-21(22)25(32)19-11-8-7-9-12-19/h4,7-9,11-14,16,26H,1,5-6,10,15,17-18H2,2-3H3. The first-order chi connectivity index (χ1) is 16.4. The number of benzene rings is 2. The molecule has 0 saturated carbocycles. The summed E-state index contributed by atoms with van der Waals surface area (Å²) < 4.78 is 1.83. The Bertz CT molecular complexity index is 1140. The van der Waals surface area contributed by atoms with Gasteiger partial charge in [0.05, 0.1) is 29.3 Å². The first-order valence-corrected chi connectivity index (χ1v) is 11.2. The number of unbranched alkanes of at least 4 members (excludes halogenated alkanes) is 2. The van der Waals surface area contributed by atoms with E-state index in [-0.39, 0.29) is 17.0 Å². The Hall–Kier alpha value is -3.69. The van der Waals surface area contributed by atoms with Gasteiger partial charge < -0.3 is 10.2 Å². The molecule has 0 unspecified atom stereocenters. The molecule has 1 heterocycles. The molecule has 0 saturated heterocycles. The molecule has 178 valence electrons. The third kappa shape index (κ3) is 6.21. The number of allylic oxidation sites excluding steroid dienone is 1. The molecule has 0 amide bonds. The van der Waals surface area contributed by atoms with Gasteiger partial charge in [-0.05, 0) is 46.0 Å². The van der Waals surface area contributed by atoms with E-state index in [2.05, 4.69) is 22.1 Å². The topological polar surface area (TPSA) is 106 Å². The van der Waals surface area contributed by atoms with Gasteiger partial charge >= 0.3 is 0 Å². The highest BCUT2D eigenvalue weighted by molar-refractivity contribution is 6.11. The number of nitrogens with zero attached hydrogens (tertiary/aromatic N) is 5. The predicted molar refractivity (Wildman–Crippen MR) is 131 cm³/mol. The second-order valence-electron chi connectivity index (χ2n) is 8.22. The van der Waals surface area contributed by atoms with E-state index in [1.54, 1.807) is 30.3 Å². The molecule has 0 aliphatic carbocycles. The SMILES string of the molecule is C=CCCCCNCc1nnc(CN(C)C)n1-c1ccc([N+](=O)[O-])cc1C(=O)c1ccccc1. The summed E-state index contributed by atoms with van der Waals surface area (Å²) in [5.41, 5.74) is 1.05. The van der Waals surface area contributed by atoms with Gasteiger partial charge in [-0.15, -0.1) is 16.8 Å². The molecule has 0 atom stereocenters. The number of carbonyl (C=O) groups is 1. The second-order valence-corrected chi connectivity index (χ2v) is 8.22. The monoisotopic (exact) mass is 462 g/mol. The van der Waals surface area contributed by atoms with Gasteiger partial charge in [0.25, 0.3) is 5.69 Å². The molecule has 9 heteroatoms. The van der Waals surface area contributed by atoms with Gasteiger partial charge in [0.2, 0.25) is 0 Å². The minimum Gasteiger partial charge on any atom is -0.310 e. The highest BCUT2D eigenvalue weighted by Gasteiger charge is 2.23. The number of nitrogens with one attached hydrogen (secondary N) is 1. The van der Waals surface area contributed by atoms with Crippen LogP contribution in [0.2, 0.25) is 0 Å². The molecular formula is C25H30N6O3. The third-order valence-corrected chi connectivity index (χ3v) is 5.26. The zero-order valence-corrected chi connectivity index (χ0v) is 19.6. The van der Waals surface area contributed by atoms with E-state index in [1.807, 2.05) is 35.7 Å². The van der Waals surface area contributed by atoms with Crippen LogP contribution in [0, 0.1) is 10.1 Å². The van der Waals surface area contributed by atoms with Crippen molar-refractivity contribution in [2.75, 3.05) is 20.6 Å². The lowest BCUT2D eigenvalue weighted by atomic mass is 10.0. The molecular weight excluding hydrogens is 432 g/mol. The van der Waals surface area contributed by atoms with E-state index in [1.165, 1.54) is 12.1 Å². The van der Waals surface area contributed by atoms with Crippen LogP contribution in [0.15, 0.2) is 61.2 Å². The molecule has 34 heavy (non-hydrogen) atoms. The fraction of sp³-hybridized carbons (Fsp3) is 0.320. The van der Waals surface area contributed by atoms with Gasteiger partial charge in [0, 0.05) is 17.7 Å². The summed E-state index contributed by atoms with van der Waals surface area (Å²) >= 11 is 0. The number of aromatic nitrogens is 3. The number of hydrogen-bond donors (Lipinski definition) is 1. The summed E-state index contributed by atoms with van der Waals surface area (Å²) in [5.74, 6) is 0.980. The fourth-order valence-electron chi connectivity index (χ4n) is 3.63. The second kappa shape index (κ2) is 12.0. The van der Waals surface area contributed by atoms with Crippen molar-refractivity contribution in [3.05, 3.63) is 94.1 Å². The number of ketones is 1. The summed E-state index contributed by atoms with van der Waals surface area (Å²) in [7, 11) is 3.84. The summed E-state index contributed by atoms with van der Waals surface area (Å²) in [6.07, 6.45) is 4.93. The lowest BCUT2D eigenvalue weighted by Gasteiger charge is -2.16. The molecule has 0 bridgehead atoms. The van der Waals surface area contributed by atoms with Crippen molar-refractivity contribution >= 4 is 11.5 Å². The molecule has 0 fully saturated rings. The van der Waals surface area contributed by atoms with Crippen LogP contribution in [0.25, 0.3) is 5.69 Å². The normalized spacial score (nSPS) is 11.0. The highest BCUT2D eigenvalue weighted by atomic mass is 16.6. The smallest absolute Gasteiger partial charge is 0.270 e. The van der Waals surface area contributed by atoms with Crippen molar-refractivity contribution in [1.29, 1.82) is 0 Å². The van der Waals surface area contributed by atoms with E-state index in [0.29, 0.717) is 36.0 Å². The molecule has 9 nitrogen and oxygen atoms in total. The molecule has 3 rings (SSSR count). The molecule has 0 aliphatic heterocycles. The Morgan fingerprint density at radius 1 is 1.15 bits per heavy atom. The van der Waals surface area contributed by atoms with Crippen LogP contribution >= 0.6 is 0 Å². The van der Waals surface area contributed by atoms with Crippen LogP contribution in [0.1, 0.15) is 46.8 Å². The Morgan fingerprint density at radius 2 is 1.88 bits per heavy atom.